The number of amides is 2. The summed E-state index contributed by atoms with van der Waals surface area (Å²) in [5.74, 6) is -2.17. The summed E-state index contributed by atoms with van der Waals surface area (Å²) in [6, 6.07) is 14.2. The number of nitrogens with one attached hydrogen (secondary N) is 1. The minimum Gasteiger partial charge on any atom is -0.494 e. The fourth-order valence-corrected chi connectivity index (χ4v) is 4.05. The van der Waals surface area contributed by atoms with E-state index < -0.39 is 23.5 Å². The second-order valence-electron chi connectivity index (χ2n) is 8.86. The van der Waals surface area contributed by atoms with Gasteiger partial charge in [-0.2, -0.15) is 0 Å². The van der Waals surface area contributed by atoms with Crippen molar-refractivity contribution >= 4 is 29.0 Å². The zero-order valence-corrected chi connectivity index (χ0v) is 20.3. The number of carbonyl (C=O) groups excluding carboxylic acids is 3. The number of aromatic nitrogens is 4. The van der Waals surface area contributed by atoms with Gasteiger partial charge in [0.15, 0.2) is 11.7 Å². The predicted molar refractivity (Wildman–Crippen MR) is 133 cm³/mol. The number of tetrazole rings is 1. The standard InChI is InChI=1S/C26H30N6O4/c1-19-7-11-21(12-8-19)32-17-23(33)24(26(32)35)25(34)28-20-9-13-22(14-10-20)36-16-6-4-2-3-5-15-31-18-27-29-30-31/h7-14,18,24H,2-6,15-17H2,1H3,(H,28,34). The van der Waals surface area contributed by atoms with Crippen molar-refractivity contribution in [2.45, 2.75) is 45.6 Å². The molecule has 0 spiro atoms. The molecule has 3 aromatic rings. The molecule has 10 heteroatoms. The van der Waals surface area contributed by atoms with Gasteiger partial charge in [0.05, 0.1) is 13.2 Å². The van der Waals surface area contributed by atoms with E-state index in [1.165, 1.54) is 4.90 Å². The van der Waals surface area contributed by atoms with E-state index in [1.807, 2.05) is 19.1 Å². The average molecular weight is 491 g/mol. The predicted octanol–water partition coefficient (Wildman–Crippen LogP) is 3.18. The lowest BCUT2D eigenvalue weighted by molar-refractivity contribution is -0.134. The Morgan fingerprint density at radius 1 is 1.00 bits per heavy atom. The quantitative estimate of drug-likeness (QED) is 0.306. The maximum atomic E-state index is 12.8. The van der Waals surface area contributed by atoms with Gasteiger partial charge in [-0.25, -0.2) is 4.68 Å². The average Bonchev–Trinajstić information content (AvgIpc) is 3.49. The highest BCUT2D eigenvalue weighted by Gasteiger charge is 2.44. The Bertz CT molecular complexity index is 1160. The normalized spacial score (nSPS) is 15.4. The first-order valence-corrected chi connectivity index (χ1v) is 12.2. The summed E-state index contributed by atoms with van der Waals surface area (Å²) in [6.45, 7) is 3.28. The number of aryl methyl sites for hydroxylation is 2. The van der Waals surface area contributed by atoms with Crippen molar-refractivity contribution in [3.63, 3.8) is 0 Å². The summed E-state index contributed by atoms with van der Waals surface area (Å²) in [5, 5.41) is 13.8. The van der Waals surface area contributed by atoms with Crippen LogP contribution in [0.15, 0.2) is 54.9 Å². The first-order valence-electron chi connectivity index (χ1n) is 12.2. The Morgan fingerprint density at radius 3 is 2.44 bits per heavy atom. The number of rotatable bonds is 12. The zero-order valence-electron chi connectivity index (χ0n) is 20.3. The number of anilines is 2. The Labute approximate surface area is 209 Å². The topological polar surface area (TPSA) is 119 Å². The molecule has 0 aliphatic carbocycles. The molecule has 1 unspecified atom stereocenters. The van der Waals surface area contributed by atoms with Crippen molar-refractivity contribution in [3.05, 3.63) is 60.4 Å². The number of benzene rings is 2. The van der Waals surface area contributed by atoms with Gasteiger partial charge in [0.25, 0.3) is 0 Å². The molecular weight excluding hydrogens is 460 g/mol. The van der Waals surface area contributed by atoms with Crippen LogP contribution in [-0.2, 0) is 20.9 Å². The molecule has 10 nitrogen and oxygen atoms in total. The molecule has 1 atom stereocenters. The van der Waals surface area contributed by atoms with E-state index in [9.17, 15) is 14.4 Å². The first-order chi connectivity index (χ1) is 17.5. The third-order valence-corrected chi connectivity index (χ3v) is 6.07. The lowest BCUT2D eigenvalue weighted by atomic mass is 10.1. The van der Waals surface area contributed by atoms with Crippen LogP contribution in [0.2, 0.25) is 0 Å². The highest BCUT2D eigenvalue weighted by Crippen LogP contribution is 2.25. The van der Waals surface area contributed by atoms with Crippen LogP contribution in [0.5, 0.6) is 5.75 Å². The van der Waals surface area contributed by atoms with Crippen LogP contribution in [-0.4, -0.2) is 51.0 Å². The van der Waals surface area contributed by atoms with E-state index in [2.05, 4.69) is 20.8 Å². The summed E-state index contributed by atoms with van der Waals surface area (Å²) in [6.07, 6.45) is 6.93. The van der Waals surface area contributed by atoms with E-state index in [1.54, 1.807) is 47.4 Å². The molecule has 36 heavy (non-hydrogen) atoms. The lowest BCUT2D eigenvalue weighted by Gasteiger charge is -2.16. The van der Waals surface area contributed by atoms with Crippen LogP contribution in [0, 0.1) is 12.8 Å². The van der Waals surface area contributed by atoms with Gasteiger partial charge < -0.3 is 15.0 Å². The van der Waals surface area contributed by atoms with E-state index in [-0.39, 0.29) is 6.54 Å². The molecule has 2 heterocycles. The fourth-order valence-electron chi connectivity index (χ4n) is 4.05. The fraction of sp³-hybridized carbons (Fsp3) is 0.385. The van der Waals surface area contributed by atoms with E-state index in [0.717, 1.165) is 44.2 Å². The molecule has 1 N–H and O–H groups in total. The Morgan fingerprint density at radius 2 is 1.72 bits per heavy atom. The van der Waals surface area contributed by atoms with Gasteiger partial charge >= 0.3 is 0 Å². The van der Waals surface area contributed by atoms with Crippen molar-refractivity contribution in [1.29, 1.82) is 0 Å². The zero-order chi connectivity index (χ0) is 25.3. The monoisotopic (exact) mass is 490 g/mol. The number of ketones is 1. The molecule has 2 amide bonds. The number of hydrogen-bond donors (Lipinski definition) is 1. The number of Topliss-reactive ketones (excluding diaryl/α,β-unsaturated/α-hetero) is 1. The van der Waals surface area contributed by atoms with Gasteiger partial charge in [-0.15, -0.1) is 5.10 Å². The number of nitrogens with zero attached hydrogens (tertiary/aromatic N) is 5. The van der Waals surface area contributed by atoms with Gasteiger partial charge in [-0.3, -0.25) is 14.4 Å². The van der Waals surface area contributed by atoms with E-state index in [0.29, 0.717) is 23.7 Å². The van der Waals surface area contributed by atoms with Gasteiger partial charge in [0.1, 0.15) is 12.1 Å². The molecule has 0 saturated carbocycles. The maximum Gasteiger partial charge on any atom is 0.247 e. The molecule has 0 radical (unpaired) electrons. The van der Waals surface area contributed by atoms with Gasteiger partial charge in [0.2, 0.25) is 11.8 Å². The second-order valence-corrected chi connectivity index (χ2v) is 8.86. The largest absolute Gasteiger partial charge is 0.494 e. The third-order valence-electron chi connectivity index (χ3n) is 6.07. The summed E-state index contributed by atoms with van der Waals surface area (Å²) < 4.78 is 7.51. The summed E-state index contributed by atoms with van der Waals surface area (Å²) in [4.78, 5) is 39.3. The SMILES string of the molecule is Cc1ccc(N2CC(=O)C(C(=O)Nc3ccc(OCCCCCCCn4cnnn4)cc3)C2=O)cc1. The Balaban J connectivity index is 1.17. The van der Waals surface area contributed by atoms with Gasteiger partial charge in [-0.1, -0.05) is 37.0 Å². The van der Waals surface area contributed by atoms with E-state index >= 15 is 0 Å². The number of carbonyl (C=O) groups is 3. The molecule has 188 valence electrons. The van der Waals surface area contributed by atoms with Crippen molar-refractivity contribution in [2.24, 2.45) is 5.92 Å². The second kappa shape index (κ2) is 12.1. The number of unbranched alkanes of at least 4 members (excludes halogenated alkanes) is 4. The first kappa shape index (κ1) is 25.0. The van der Waals surface area contributed by atoms with Gasteiger partial charge in [0, 0.05) is 17.9 Å². The van der Waals surface area contributed by atoms with Crippen molar-refractivity contribution < 1.29 is 19.1 Å². The molecule has 2 aromatic carbocycles. The Kier molecular flexibility index (Phi) is 8.38. The minimum absolute atomic E-state index is 0.105. The molecular formula is C26H30N6O4. The third kappa shape index (κ3) is 6.53. The molecule has 4 rings (SSSR count). The van der Waals surface area contributed by atoms with Crippen LogP contribution in [0.25, 0.3) is 0 Å². The molecule has 1 saturated heterocycles. The van der Waals surface area contributed by atoms with Crippen LogP contribution < -0.4 is 15.0 Å². The van der Waals surface area contributed by atoms with Crippen LogP contribution in [0.1, 0.15) is 37.7 Å². The number of hydrogen-bond acceptors (Lipinski definition) is 7. The Hall–Kier alpha value is -4.08. The minimum atomic E-state index is -1.34. The molecule has 1 fully saturated rings. The van der Waals surface area contributed by atoms with Crippen LogP contribution >= 0.6 is 0 Å². The molecule has 1 aromatic heterocycles. The lowest BCUT2D eigenvalue weighted by Crippen LogP contribution is -2.34. The summed E-state index contributed by atoms with van der Waals surface area (Å²) in [7, 11) is 0. The highest BCUT2D eigenvalue weighted by molar-refractivity contribution is 6.30. The highest BCUT2D eigenvalue weighted by atomic mass is 16.5. The van der Waals surface area contributed by atoms with Crippen molar-refractivity contribution in [2.75, 3.05) is 23.4 Å². The molecule has 0 bridgehead atoms. The van der Waals surface area contributed by atoms with Crippen LogP contribution in [0.3, 0.4) is 0 Å². The van der Waals surface area contributed by atoms with Crippen LogP contribution in [0.4, 0.5) is 11.4 Å². The van der Waals surface area contributed by atoms with Crippen molar-refractivity contribution in [3.8, 4) is 5.75 Å². The van der Waals surface area contributed by atoms with Crippen molar-refractivity contribution in [1.82, 2.24) is 20.2 Å². The maximum absolute atomic E-state index is 12.8. The summed E-state index contributed by atoms with van der Waals surface area (Å²) >= 11 is 0. The van der Waals surface area contributed by atoms with Gasteiger partial charge in [-0.05, 0) is 66.6 Å². The molecule has 1 aliphatic heterocycles. The summed E-state index contributed by atoms with van der Waals surface area (Å²) in [5.41, 5.74) is 2.16. The smallest absolute Gasteiger partial charge is 0.247 e. The van der Waals surface area contributed by atoms with E-state index in [4.69, 9.17) is 4.74 Å². The molecule has 1 aliphatic rings. The number of ether oxygens (including phenoxy) is 1.